The molecular formula is C13H18N6. The Labute approximate surface area is 112 Å². The molecule has 1 unspecified atom stereocenters. The van der Waals surface area contributed by atoms with E-state index in [4.69, 9.17) is 5.73 Å². The van der Waals surface area contributed by atoms with Gasteiger partial charge in [-0.15, -0.1) is 10.2 Å². The van der Waals surface area contributed by atoms with Crippen LogP contribution in [0.15, 0.2) is 24.3 Å². The number of hydrogen-bond donors (Lipinski definition) is 1. The number of likely N-dealkylation sites (N-methyl/N-ethyl adjacent to an activating group) is 1. The first kappa shape index (κ1) is 12.3. The van der Waals surface area contributed by atoms with Gasteiger partial charge in [-0.25, -0.2) is 4.98 Å². The second kappa shape index (κ2) is 5.07. The van der Waals surface area contributed by atoms with Crippen molar-refractivity contribution in [3.8, 4) is 0 Å². The molecule has 1 aliphatic rings. The Morgan fingerprint density at radius 3 is 2.79 bits per heavy atom. The van der Waals surface area contributed by atoms with Crippen molar-refractivity contribution >= 4 is 17.0 Å². The molecule has 0 saturated carbocycles. The van der Waals surface area contributed by atoms with Crippen molar-refractivity contribution in [1.29, 1.82) is 0 Å². The van der Waals surface area contributed by atoms with Gasteiger partial charge in [0.05, 0.1) is 11.6 Å². The molecule has 0 bridgehead atoms. The van der Waals surface area contributed by atoms with Crippen LogP contribution < -0.4 is 10.6 Å². The highest BCUT2D eigenvalue weighted by molar-refractivity contribution is 5.74. The summed E-state index contributed by atoms with van der Waals surface area (Å²) in [6.45, 7) is 3.41. The van der Waals surface area contributed by atoms with Gasteiger partial charge in [-0.3, -0.25) is 0 Å². The van der Waals surface area contributed by atoms with E-state index in [1.165, 1.54) is 0 Å². The van der Waals surface area contributed by atoms with E-state index in [2.05, 4.69) is 32.0 Å². The molecule has 1 atom stereocenters. The van der Waals surface area contributed by atoms with E-state index in [9.17, 15) is 0 Å². The minimum absolute atomic E-state index is 0.252. The number of rotatable bonds is 2. The van der Waals surface area contributed by atoms with Gasteiger partial charge in [0.25, 0.3) is 0 Å². The number of hydrogen-bond acceptors (Lipinski definition) is 6. The fourth-order valence-corrected chi connectivity index (χ4v) is 2.47. The van der Waals surface area contributed by atoms with Crippen molar-refractivity contribution in [2.24, 2.45) is 5.73 Å². The topological polar surface area (TPSA) is 71.2 Å². The molecule has 6 heteroatoms. The Balaban J connectivity index is 1.94. The third kappa shape index (κ3) is 2.36. The molecule has 0 amide bonds. The van der Waals surface area contributed by atoms with Crippen molar-refractivity contribution in [1.82, 2.24) is 20.1 Å². The Hall–Kier alpha value is -1.79. The van der Waals surface area contributed by atoms with Gasteiger partial charge in [0.1, 0.15) is 5.52 Å². The second-order valence-corrected chi connectivity index (χ2v) is 4.95. The van der Waals surface area contributed by atoms with Crippen LogP contribution in [0.2, 0.25) is 0 Å². The lowest BCUT2D eigenvalue weighted by atomic mass is 10.2. The lowest BCUT2D eigenvalue weighted by molar-refractivity contribution is 0.267. The first-order valence-corrected chi connectivity index (χ1v) is 6.52. The third-order valence-corrected chi connectivity index (χ3v) is 3.56. The van der Waals surface area contributed by atoms with Crippen molar-refractivity contribution in [2.75, 3.05) is 38.1 Å². The third-order valence-electron chi connectivity index (χ3n) is 3.56. The number of benzene rings is 1. The number of para-hydroxylation sites is 1. The molecule has 0 radical (unpaired) electrons. The summed E-state index contributed by atoms with van der Waals surface area (Å²) in [6, 6.07) is 8.04. The molecule has 0 spiro atoms. The zero-order valence-corrected chi connectivity index (χ0v) is 11.0. The standard InChI is InChI=1S/C13H18N6/c1-18-6-7-19(10(8-14)9-18)13-15-11-4-2-3-5-12(11)16-17-13/h2-5,10H,6-9,14H2,1H3. The van der Waals surface area contributed by atoms with E-state index in [1.807, 2.05) is 24.3 Å². The number of aromatic nitrogens is 3. The molecular weight excluding hydrogens is 240 g/mol. The predicted molar refractivity (Wildman–Crippen MR) is 75.0 cm³/mol. The normalized spacial score (nSPS) is 20.9. The molecule has 19 heavy (non-hydrogen) atoms. The number of anilines is 1. The molecule has 1 aromatic heterocycles. The van der Waals surface area contributed by atoms with Crippen molar-refractivity contribution in [3.63, 3.8) is 0 Å². The first-order valence-electron chi connectivity index (χ1n) is 6.52. The zero-order chi connectivity index (χ0) is 13.2. The number of piperazine rings is 1. The molecule has 3 rings (SSSR count). The van der Waals surface area contributed by atoms with Gasteiger partial charge < -0.3 is 15.5 Å². The summed E-state index contributed by atoms with van der Waals surface area (Å²) in [6.07, 6.45) is 0. The largest absolute Gasteiger partial charge is 0.333 e. The average molecular weight is 258 g/mol. The van der Waals surface area contributed by atoms with Crippen molar-refractivity contribution in [2.45, 2.75) is 6.04 Å². The number of nitrogens with zero attached hydrogens (tertiary/aromatic N) is 5. The smallest absolute Gasteiger partial charge is 0.246 e. The van der Waals surface area contributed by atoms with E-state index < -0.39 is 0 Å². The fraction of sp³-hybridized carbons (Fsp3) is 0.462. The van der Waals surface area contributed by atoms with Crippen LogP contribution in [0, 0.1) is 0 Å². The lowest BCUT2D eigenvalue weighted by Crippen LogP contribution is -2.55. The van der Waals surface area contributed by atoms with Crippen LogP contribution in [0.25, 0.3) is 11.0 Å². The zero-order valence-electron chi connectivity index (χ0n) is 11.0. The van der Waals surface area contributed by atoms with Crippen molar-refractivity contribution in [3.05, 3.63) is 24.3 Å². The maximum Gasteiger partial charge on any atom is 0.246 e. The van der Waals surface area contributed by atoms with Crippen LogP contribution in [0.5, 0.6) is 0 Å². The Morgan fingerprint density at radius 2 is 2.00 bits per heavy atom. The molecule has 2 N–H and O–H groups in total. The Bertz CT molecular complexity index is 572. The summed E-state index contributed by atoms with van der Waals surface area (Å²) in [7, 11) is 2.11. The minimum Gasteiger partial charge on any atom is -0.333 e. The highest BCUT2D eigenvalue weighted by atomic mass is 15.4. The molecule has 2 aromatic rings. The van der Waals surface area contributed by atoms with E-state index in [0.29, 0.717) is 12.5 Å². The predicted octanol–water partition coefficient (Wildman–Crippen LogP) is 0.104. The van der Waals surface area contributed by atoms with Gasteiger partial charge in [0, 0.05) is 26.2 Å². The van der Waals surface area contributed by atoms with Crippen LogP contribution in [-0.2, 0) is 0 Å². The summed E-state index contributed by atoms with van der Waals surface area (Å²) < 4.78 is 0. The molecule has 6 nitrogen and oxygen atoms in total. The maximum atomic E-state index is 5.86. The SMILES string of the molecule is CN1CCN(c2nnc3ccccc3n2)C(CN)C1. The van der Waals surface area contributed by atoms with Crippen LogP contribution in [-0.4, -0.2) is 59.3 Å². The molecule has 1 aromatic carbocycles. The lowest BCUT2D eigenvalue weighted by Gasteiger charge is -2.39. The van der Waals surface area contributed by atoms with Gasteiger partial charge in [0.15, 0.2) is 0 Å². The van der Waals surface area contributed by atoms with E-state index in [-0.39, 0.29) is 6.04 Å². The van der Waals surface area contributed by atoms with E-state index >= 15 is 0 Å². The summed E-state index contributed by atoms with van der Waals surface area (Å²) in [4.78, 5) is 9.05. The summed E-state index contributed by atoms with van der Waals surface area (Å²) >= 11 is 0. The highest BCUT2D eigenvalue weighted by Gasteiger charge is 2.26. The molecule has 100 valence electrons. The summed E-state index contributed by atoms with van der Waals surface area (Å²) in [5.41, 5.74) is 7.56. The van der Waals surface area contributed by atoms with Gasteiger partial charge in [0.2, 0.25) is 5.95 Å². The van der Waals surface area contributed by atoms with Crippen LogP contribution in [0.3, 0.4) is 0 Å². The molecule has 1 aliphatic heterocycles. The molecule has 2 heterocycles. The van der Waals surface area contributed by atoms with Crippen molar-refractivity contribution < 1.29 is 0 Å². The van der Waals surface area contributed by atoms with Crippen LogP contribution in [0.1, 0.15) is 0 Å². The Morgan fingerprint density at radius 1 is 1.21 bits per heavy atom. The van der Waals surface area contributed by atoms with Gasteiger partial charge in [-0.1, -0.05) is 12.1 Å². The maximum absolute atomic E-state index is 5.86. The second-order valence-electron chi connectivity index (χ2n) is 4.95. The van der Waals surface area contributed by atoms with E-state index in [0.717, 1.165) is 30.7 Å². The molecule has 1 saturated heterocycles. The average Bonchev–Trinajstić information content (AvgIpc) is 2.46. The monoisotopic (exact) mass is 258 g/mol. The van der Waals surface area contributed by atoms with Gasteiger partial charge in [-0.2, -0.15) is 0 Å². The highest BCUT2D eigenvalue weighted by Crippen LogP contribution is 2.17. The summed E-state index contributed by atoms with van der Waals surface area (Å²) in [5.74, 6) is 0.683. The van der Waals surface area contributed by atoms with Crippen LogP contribution >= 0.6 is 0 Å². The number of fused-ring (bicyclic) bond motifs is 1. The fourth-order valence-electron chi connectivity index (χ4n) is 2.47. The summed E-state index contributed by atoms with van der Waals surface area (Å²) in [5, 5.41) is 8.48. The molecule has 1 fully saturated rings. The van der Waals surface area contributed by atoms with Gasteiger partial charge in [-0.05, 0) is 19.2 Å². The number of nitrogens with two attached hydrogens (primary N) is 1. The van der Waals surface area contributed by atoms with Gasteiger partial charge >= 0.3 is 0 Å². The van der Waals surface area contributed by atoms with E-state index in [1.54, 1.807) is 0 Å². The quantitative estimate of drug-likeness (QED) is 0.824. The molecule has 0 aliphatic carbocycles. The minimum atomic E-state index is 0.252. The first-order chi connectivity index (χ1) is 9.28. The Kier molecular flexibility index (Phi) is 3.27. The van der Waals surface area contributed by atoms with Crippen LogP contribution in [0.4, 0.5) is 5.95 Å².